The van der Waals surface area contributed by atoms with E-state index < -0.39 is 23.3 Å². The fourth-order valence-electron chi connectivity index (χ4n) is 0.563. The van der Waals surface area contributed by atoms with Crippen LogP contribution in [-0.4, -0.2) is 23.3 Å². The summed E-state index contributed by atoms with van der Waals surface area (Å²) in [5, 5.41) is 0. The highest BCUT2D eigenvalue weighted by Crippen LogP contribution is 2.05. The van der Waals surface area contributed by atoms with Gasteiger partial charge in [0.15, 0.2) is 11.3 Å². The second-order valence-corrected chi connectivity index (χ2v) is 3.46. The second kappa shape index (κ2) is 4.67. The molecule has 7 heteroatoms. The second-order valence-electron chi connectivity index (χ2n) is 3.46. The van der Waals surface area contributed by atoms with E-state index in [1.165, 1.54) is 0 Å². The minimum atomic E-state index is -1.69. The molecule has 0 heterocycles. The lowest BCUT2D eigenvalue weighted by molar-refractivity contribution is -0.167. The smallest absolute Gasteiger partial charge is 0.348 e. The van der Waals surface area contributed by atoms with Crippen LogP contribution in [0.15, 0.2) is 0 Å². The lowest BCUT2D eigenvalue weighted by Gasteiger charge is -2.24. The number of nitrogens with two attached hydrogens (primary N) is 4. The molecule has 0 unspecified atom stereocenters. The molecule has 0 aromatic heterocycles. The van der Waals surface area contributed by atoms with Crippen LogP contribution in [0.4, 0.5) is 0 Å². The molecule has 0 aliphatic carbocycles. The van der Waals surface area contributed by atoms with Gasteiger partial charge >= 0.3 is 11.9 Å². The molecule has 7 nitrogen and oxygen atoms in total. The van der Waals surface area contributed by atoms with Crippen LogP contribution in [0.25, 0.3) is 0 Å². The zero-order valence-electron chi connectivity index (χ0n) is 8.95. The van der Waals surface area contributed by atoms with Gasteiger partial charge in [-0.05, 0) is 12.8 Å². The number of ether oxygens (including phenoxy) is 1. The van der Waals surface area contributed by atoms with Gasteiger partial charge in [-0.2, -0.15) is 0 Å². The van der Waals surface area contributed by atoms with E-state index in [4.69, 9.17) is 22.9 Å². The molecular weight excluding hydrogens is 200 g/mol. The maximum absolute atomic E-state index is 11.3. The molecule has 15 heavy (non-hydrogen) atoms. The largest absolute Gasteiger partial charge is 0.388 e. The van der Waals surface area contributed by atoms with Crippen LogP contribution in [-0.2, 0) is 14.3 Å². The number of hydrogen-bond acceptors (Lipinski definition) is 7. The topological polar surface area (TPSA) is 147 Å². The van der Waals surface area contributed by atoms with Crippen LogP contribution in [0.3, 0.4) is 0 Å². The van der Waals surface area contributed by atoms with Crippen molar-refractivity contribution in [1.29, 1.82) is 0 Å². The predicted molar refractivity (Wildman–Crippen MR) is 53.9 cm³/mol. The minimum absolute atomic E-state index is 0.132. The van der Waals surface area contributed by atoms with Crippen molar-refractivity contribution in [3.63, 3.8) is 0 Å². The molecule has 0 aromatic rings. The van der Waals surface area contributed by atoms with Crippen molar-refractivity contribution in [3.8, 4) is 0 Å². The first kappa shape index (κ1) is 14.0. The summed E-state index contributed by atoms with van der Waals surface area (Å²) in [4.78, 5) is 22.5. The third-order valence-corrected chi connectivity index (χ3v) is 2.12. The Labute approximate surface area is 88.1 Å². The SMILES string of the molecule is CCC(N)(N)C(=O)OC(=O)C(N)(N)CC. The first-order valence-electron chi connectivity index (χ1n) is 4.59. The summed E-state index contributed by atoms with van der Waals surface area (Å²) in [6.07, 6.45) is 0.265. The van der Waals surface area contributed by atoms with Crippen molar-refractivity contribution in [2.24, 2.45) is 22.9 Å². The molecular formula is C8H18N4O3. The fourth-order valence-corrected chi connectivity index (χ4v) is 0.563. The number of carbonyl (C=O) groups is 2. The summed E-state index contributed by atoms with van der Waals surface area (Å²) in [7, 11) is 0. The zero-order chi connectivity index (χ0) is 12.3. The maximum atomic E-state index is 11.3. The quantitative estimate of drug-likeness (QED) is 0.245. The summed E-state index contributed by atoms with van der Waals surface area (Å²) in [6, 6.07) is 0. The summed E-state index contributed by atoms with van der Waals surface area (Å²) >= 11 is 0. The Morgan fingerprint density at radius 3 is 1.40 bits per heavy atom. The molecule has 0 amide bonds. The average molecular weight is 218 g/mol. The third kappa shape index (κ3) is 3.56. The Morgan fingerprint density at radius 1 is 0.933 bits per heavy atom. The van der Waals surface area contributed by atoms with Crippen molar-refractivity contribution in [1.82, 2.24) is 0 Å². The van der Waals surface area contributed by atoms with Crippen LogP contribution in [0.1, 0.15) is 26.7 Å². The van der Waals surface area contributed by atoms with E-state index >= 15 is 0 Å². The van der Waals surface area contributed by atoms with Gasteiger partial charge in [-0.3, -0.25) is 0 Å². The van der Waals surface area contributed by atoms with Gasteiger partial charge in [-0.15, -0.1) is 0 Å². The highest BCUT2D eigenvalue weighted by atomic mass is 16.6. The summed E-state index contributed by atoms with van der Waals surface area (Å²) in [5.41, 5.74) is 18.1. The normalized spacial score (nSPS) is 12.4. The highest BCUT2D eigenvalue weighted by Gasteiger charge is 2.36. The Balaban J connectivity index is 4.51. The summed E-state index contributed by atoms with van der Waals surface area (Å²) < 4.78 is 4.38. The average Bonchev–Trinajstić information content (AvgIpc) is 2.17. The molecule has 0 saturated carbocycles. The molecule has 0 radical (unpaired) electrons. The lowest BCUT2D eigenvalue weighted by Crippen LogP contribution is -2.61. The predicted octanol–water partition coefficient (Wildman–Crippen LogP) is -1.90. The Morgan fingerprint density at radius 2 is 1.20 bits per heavy atom. The van der Waals surface area contributed by atoms with Gasteiger partial charge in [-0.1, -0.05) is 13.8 Å². The third-order valence-electron chi connectivity index (χ3n) is 2.12. The molecule has 0 atom stereocenters. The molecule has 8 N–H and O–H groups in total. The van der Waals surface area contributed by atoms with Crippen molar-refractivity contribution in [2.45, 2.75) is 38.0 Å². The maximum Gasteiger partial charge on any atom is 0.348 e. The van der Waals surface area contributed by atoms with Crippen LogP contribution in [0.5, 0.6) is 0 Å². The molecule has 88 valence electrons. The van der Waals surface area contributed by atoms with Crippen LogP contribution in [0.2, 0.25) is 0 Å². The van der Waals surface area contributed by atoms with E-state index in [9.17, 15) is 9.59 Å². The molecule has 0 aliphatic heterocycles. The summed E-state index contributed by atoms with van der Waals surface area (Å²) in [5.74, 6) is -2.08. The standard InChI is InChI=1S/C8H18N4O3/c1-3-7(9,10)5(13)15-6(14)8(11,12)4-2/h3-4,9-12H2,1-2H3. The number of esters is 2. The van der Waals surface area contributed by atoms with Gasteiger partial charge in [-0.25, -0.2) is 9.59 Å². The van der Waals surface area contributed by atoms with Gasteiger partial charge in [0.2, 0.25) is 0 Å². The van der Waals surface area contributed by atoms with Crippen LogP contribution < -0.4 is 22.9 Å². The van der Waals surface area contributed by atoms with Crippen LogP contribution >= 0.6 is 0 Å². The van der Waals surface area contributed by atoms with E-state index in [2.05, 4.69) is 4.74 Å². The number of hydrogen-bond donors (Lipinski definition) is 4. The van der Waals surface area contributed by atoms with Crippen molar-refractivity contribution < 1.29 is 14.3 Å². The van der Waals surface area contributed by atoms with E-state index in [0.29, 0.717) is 0 Å². The van der Waals surface area contributed by atoms with Crippen LogP contribution in [0, 0.1) is 0 Å². The monoisotopic (exact) mass is 218 g/mol. The Bertz CT molecular complexity index is 237. The molecule has 0 saturated heterocycles. The first-order valence-corrected chi connectivity index (χ1v) is 4.59. The Kier molecular flexibility index (Phi) is 4.35. The van der Waals surface area contributed by atoms with Gasteiger partial charge in [0.1, 0.15) is 0 Å². The van der Waals surface area contributed by atoms with Crippen molar-refractivity contribution >= 4 is 11.9 Å². The van der Waals surface area contributed by atoms with E-state index in [1.54, 1.807) is 13.8 Å². The summed E-state index contributed by atoms with van der Waals surface area (Å²) in [6.45, 7) is 3.17. The minimum Gasteiger partial charge on any atom is -0.388 e. The van der Waals surface area contributed by atoms with E-state index in [0.717, 1.165) is 0 Å². The fraction of sp³-hybridized carbons (Fsp3) is 0.750. The molecule has 0 bridgehead atoms. The molecule has 0 spiro atoms. The van der Waals surface area contributed by atoms with Gasteiger partial charge in [0, 0.05) is 0 Å². The molecule has 0 fully saturated rings. The molecule has 0 rings (SSSR count). The van der Waals surface area contributed by atoms with Crippen molar-refractivity contribution in [2.75, 3.05) is 0 Å². The zero-order valence-corrected chi connectivity index (χ0v) is 8.95. The Hall–Kier alpha value is -1.02. The first-order chi connectivity index (χ1) is 6.67. The molecule has 0 aromatic carbocycles. The van der Waals surface area contributed by atoms with Crippen molar-refractivity contribution in [3.05, 3.63) is 0 Å². The van der Waals surface area contributed by atoms with E-state index in [1.807, 2.05) is 0 Å². The van der Waals surface area contributed by atoms with Gasteiger partial charge < -0.3 is 27.7 Å². The number of carbonyl (C=O) groups excluding carboxylic acids is 2. The number of rotatable bonds is 4. The lowest BCUT2D eigenvalue weighted by atomic mass is 10.1. The molecule has 0 aliphatic rings. The highest BCUT2D eigenvalue weighted by molar-refractivity contribution is 5.94. The van der Waals surface area contributed by atoms with E-state index in [-0.39, 0.29) is 12.8 Å². The van der Waals surface area contributed by atoms with Gasteiger partial charge in [0.25, 0.3) is 0 Å². The van der Waals surface area contributed by atoms with Gasteiger partial charge in [0.05, 0.1) is 0 Å².